The maximum atomic E-state index is 13.0. The van der Waals surface area contributed by atoms with Crippen molar-refractivity contribution in [2.24, 2.45) is 4.99 Å². The van der Waals surface area contributed by atoms with Crippen molar-refractivity contribution in [3.05, 3.63) is 35.4 Å². The zero-order chi connectivity index (χ0) is 20.4. The van der Waals surface area contributed by atoms with Crippen LogP contribution in [0.5, 0.6) is 0 Å². The topological polar surface area (TPSA) is 55.3 Å². The smallest absolute Gasteiger partial charge is 0.382 e. The van der Waals surface area contributed by atoms with Crippen LogP contribution in [0, 0.1) is 0 Å². The molecule has 2 rings (SSSR count). The molecule has 1 aromatic carbocycles. The second-order valence-electron chi connectivity index (χ2n) is 6.36. The van der Waals surface area contributed by atoms with E-state index in [-0.39, 0.29) is 0 Å². The molecule has 9 heteroatoms. The van der Waals surface area contributed by atoms with E-state index >= 15 is 0 Å². The minimum Gasteiger partial charge on any atom is -0.382 e. The van der Waals surface area contributed by atoms with Crippen LogP contribution in [0.1, 0.15) is 23.7 Å². The van der Waals surface area contributed by atoms with Gasteiger partial charge in [-0.3, -0.25) is 4.99 Å². The Kier molecular flexibility index (Phi) is 9.01. The van der Waals surface area contributed by atoms with Gasteiger partial charge in [-0.15, -0.1) is 0 Å². The fourth-order valence-corrected chi connectivity index (χ4v) is 2.91. The molecule has 1 unspecified atom stereocenters. The third kappa shape index (κ3) is 6.96. The fraction of sp³-hybridized carbons (Fsp3) is 0.632. The first-order chi connectivity index (χ1) is 13.5. The van der Waals surface area contributed by atoms with Gasteiger partial charge in [-0.1, -0.05) is 12.1 Å². The van der Waals surface area contributed by atoms with Gasteiger partial charge in [0.1, 0.15) is 6.10 Å². The number of nitrogens with one attached hydrogen (secondary N) is 1. The van der Waals surface area contributed by atoms with Crippen molar-refractivity contribution in [1.29, 1.82) is 0 Å². The van der Waals surface area contributed by atoms with Crippen molar-refractivity contribution in [3.8, 4) is 0 Å². The molecule has 28 heavy (non-hydrogen) atoms. The number of hydrogen-bond acceptors (Lipinski definition) is 4. The summed E-state index contributed by atoms with van der Waals surface area (Å²) in [6.45, 7) is 3.91. The van der Waals surface area contributed by atoms with Gasteiger partial charge in [0.05, 0.1) is 31.9 Å². The molecule has 1 heterocycles. The highest BCUT2D eigenvalue weighted by Gasteiger charge is 2.32. The van der Waals surface area contributed by atoms with Gasteiger partial charge < -0.3 is 24.4 Å². The van der Waals surface area contributed by atoms with Gasteiger partial charge in [-0.05, 0) is 24.1 Å². The molecule has 158 valence electrons. The van der Waals surface area contributed by atoms with Gasteiger partial charge in [0.2, 0.25) is 0 Å². The molecular formula is C19H28F3N3O3. The number of ether oxygens (including phenoxy) is 3. The van der Waals surface area contributed by atoms with Crippen LogP contribution in [0.2, 0.25) is 0 Å². The molecule has 0 saturated carbocycles. The van der Waals surface area contributed by atoms with Crippen LogP contribution in [0.25, 0.3) is 0 Å². The van der Waals surface area contributed by atoms with E-state index in [1.54, 1.807) is 20.2 Å². The summed E-state index contributed by atoms with van der Waals surface area (Å²) < 4.78 is 55.0. The van der Waals surface area contributed by atoms with E-state index in [0.717, 1.165) is 18.6 Å². The first-order valence-electron chi connectivity index (χ1n) is 9.26. The number of hydrogen-bond donors (Lipinski definition) is 1. The van der Waals surface area contributed by atoms with Crippen LogP contribution >= 0.6 is 0 Å². The van der Waals surface area contributed by atoms with Crippen LogP contribution in [0.3, 0.4) is 0 Å². The van der Waals surface area contributed by atoms with Crippen LogP contribution in [-0.2, 0) is 20.4 Å². The molecule has 1 saturated heterocycles. The SMILES string of the molecule is CN=C(NCCCOCCOC)N1CCOC(c2cccc(C(F)(F)F)c2)C1. The van der Waals surface area contributed by atoms with E-state index in [2.05, 4.69) is 10.3 Å². The Hall–Kier alpha value is -1.84. The Morgan fingerprint density at radius 2 is 2.14 bits per heavy atom. The number of rotatable bonds is 8. The molecular weight excluding hydrogens is 375 g/mol. The minimum atomic E-state index is -4.37. The summed E-state index contributed by atoms with van der Waals surface area (Å²) >= 11 is 0. The van der Waals surface area contributed by atoms with E-state index < -0.39 is 17.8 Å². The largest absolute Gasteiger partial charge is 0.416 e. The van der Waals surface area contributed by atoms with E-state index in [1.165, 1.54) is 6.07 Å². The summed E-state index contributed by atoms with van der Waals surface area (Å²) in [5, 5.41) is 3.27. The van der Waals surface area contributed by atoms with Crippen molar-refractivity contribution in [1.82, 2.24) is 10.2 Å². The molecule has 0 radical (unpaired) electrons. The predicted octanol–water partition coefficient (Wildman–Crippen LogP) is 2.71. The predicted molar refractivity (Wildman–Crippen MR) is 100 cm³/mol. The normalized spacial score (nSPS) is 18.4. The van der Waals surface area contributed by atoms with E-state index in [0.29, 0.717) is 57.6 Å². The lowest BCUT2D eigenvalue weighted by Crippen LogP contribution is -2.48. The van der Waals surface area contributed by atoms with E-state index in [9.17, 15) is 13.2 Å². The molecule has 0 aliphatic carbocycles. The van der Waals surface area contributed by atoms with Crippen LogP contribution in [-0.4, -0.2) is 71.1 Å². The summed E-state index contributed by atoms with van der Waals surface area (Å²) in [5.41, 5.74) is -0.150. The molecule has 0 spiro atoms. The number of nitrogens with zero attached hydrogens (tertiary/aromatic N) is 2. The van der Waals surface area contributed by atoms with Gasteiger partial charge in [0, 0.05) is 33.9 Å². The Balaban J connectivity index is 1.87. The molecule has 1 N–H and O–H groups in total. The highest BCUT2D eigenvalue weighted by Crippen LogP contribution is 2.32. The maximum Gasteiger partial charge on any atom is 0.416 e. The highest BCUT2D eigenvalue weighted by molar-refractivity contribution is 5.80. The van der Waals surface area contributed by atoms with Gasteiger partial charge in [0.25, 0.3) is 0 Å². The Bertz CT molecular complexity index is 626. The van der Waals surface area contributed by atoms with E-state index in [1.807, 2.05) is 4.90 Å². The van der Waals surface area contributed by atoms with Crippen LogP contribution < -0.4 is 5.32 Å². The van der Waals surface area contributed by atoms with Crippen molar-refractivity contribution < 1.29 is 27.4 Å². The zero-order valence-corrected chi connectivity index (χ0v) is 16.3. The van der Waals surface area contributed by atoms with Crippen molar-refractivity contribution in [3.63, 3.8) is 0 Å². The Labute approximate surface area is 163 Å². The second kappa shape index (κ2) is 11.2. The Morgan fingerprint density at radius 3 is 2.86 bits per heavy atom. The summed E-state index contributed by atoms with van der Waals surface area (Å²) in [6, 6.07) is 5.30. The third-order valence-corrected chi connectivity index (χ3v) is 4.34. The standard InChI is InChI=1S/C19H28F3N3O3/c1-23-18(24-7-4-9-27-12-11-26-2)25-8-10-28-17(14-25)15-5-3-6-16(13-15)19(20,21)22/h3,5-6,13,17H,4,7-12,14H2,1-2H3,(H,23,24). The van der Waals surface area contributed by atoms with Gasteiger partial charge in [-0.25, -0.2) is 0 Å². The zero-order valence-electron chi connectivity index (χ0n) is 16.3. The molecule has 1 atom stereocenters. The average molecular weight is 403 g/mol. The van der Waals surface area contributed by atoms with Gasteiger partial charge in [0.15, 0.2) is 5.96 Å². The second-order valence-corrected chi connectivity index (χ2v) is 6.36. The molecule has 1 aromatic rings. The minimum absolute atomic E-state index is 0.418. The van der Waals surface area contributed by atoms with Gasteiger partial charge >= 0.3 is 6.18 Å². The van der Waals surface area contributed by atoms with Gasteiger partial charge in [-0.2, -0.15) is 13.2 Å². The van der Waals surface area contributed by atoms with Crippen LogP contribution in [0.15, 0.2) is 29.3 Å². The number of guanidine groups is 1. The molecule has 1 aliphatic rings. The van der Waals surface area contributed by atoms with E-state index in [4.69, 9.17) is 14.2 Å². The summed E-state index contributed by atoms with van der Waals surface area (Å²) in [7, 11) is 3.32. The first-order valence-corrected chi connectivity index (χ1v) is 9.26. The third-order valence-electron chi connectivity index (χ3n) is 4.34. The molecule has 1 aliphatic heterocycles. The number of morpholine rings is 1. The Morgan fingerprint density at radius 1 is 1.32 bits per heavy atom. The van der Waals surface area contributed by atoms with Crippen molar-refractivity contribution in [2.75, 3.05) is 60.2 Å². The average Bonchev–Trinajstić information content (AvgIpc) is 2.70. The summed E-state index contributed by atoms with van der Waals surface area (Å²) in [4.78, 5) is 6.28. The van der Waals surface area contributed by atoms with Crippen LogP contribution in [0.4, 0.5) is 13.2 Å². The molecule has 6 nitrogen and oxygen atoms in total. The number of methoxy groups -OCH3 is 1. The summed E-state index contributed by atoms with van der Waals surface area (Å²) in [6.07, 6.45) is -4.00. The van der Waals surface area contributed by atoms with Crippen molar-refractivity contribution >= 4 is 5.96 Å². The summed E-state index contributed by atoms with van der Waals surface area (Å²) in [5.74, 6) is 0.706. The first kappa shape index (κ1) is 22.4. The maximum absolute atomic E-state index is 13.0. The molecule has 0 aromatic heterocycles. The quantitative estimate of drug-likeness (QED) is 0.411. The highest BCUT2D eigenvalue weighted by atomic mass is 19.4. The monoisotopic (exact) mass is 403 g/mol. The lowest BCUT2D eigenvalue weighted by Gasteiger charge is -2.35. The lowest BCUT2D eigenvalue weighted by molar-refractivity contribution is -0.137. The number of halogens is 3. The lowest BCUT2D eigenvalue weighted by atomic mass is 10.0. The molecule has 1 fully saturated rings. The molecule has 0 amide bonds. The van der Waals surface area contributed by atoms with Crippen molar-refractivity contribution in [2.45, 2.75) is 18.7 Å². The fourth-order valence-electron chi connectivity index (χ4n) is 2.91. The number of aliphatic imine (C=N–C) groups is 1. The molecule has 0 bridgehead atoms. The number of benzene rings is 1. The number of alkyl halides is 3.